The molecule has 7 nitrogen and oxygen atoms in total. The van der Waals surface area contributed by atoms with Crippen molar-refractivity contribution in [1.29, 1.82) is 0 Å². The van der Waals surface area contributed by atoms with E-state index in [9.17, 15) is 9.18 Å². The molecule has 0 radical (unpaired) electrons. The zero-order valence-electron chi connectivity index (χ0n) is 12.1. The third kappa shape index (κ3) is 3.79. The number of halogens is 1. The third-order valence-electron chi connectivity index (χ3n) is 3.17. The topological polar surface area (TPSA) is 85.8 Å². The van der Waals surface area contributed by atoms with Gasteiger partial charge in [0.2, 0.25) is 0 Å². The van der Waals surface area contributed by atoms with E-state index in [-0.39, 0.29) is 17.4 Å². The van der Waals surface area contributed by atoms with Crippen LogP contribution in [0, 0.1) is 5.82 Å². The molecule has 8 heteroatoms. The molecule has 0 saturated carbocycles. The number of aromatic nitrogens is 4. The standard InChI is InChI=1S/C15H14FN5O2/c16-12-4-1-3-11(9-12)14-10-13(19-23-14)15(22)17-5-2-7-21-8-6-18-20-21/h1,3-4,6,8-10H,2,5,7H2,(H,17,22). The molecule has 0 spiro atoms. The zero-order valence-corrected chi connectivity index (χ0v) is 12.1. The molecule has 0 bridgehead atoms. The first kappa shape index (κ1) is 14.9. The van der Waals surface area contributed by atoms with Crippen LogP contribution in [0.3, 0.4) is 0 Å². The van der Waals surface area contributed by atoms with Gasteiger partial charge in [-0.1, -0.05) is 22.5 Å². The number of benzene rings is 1. The third-order valence-corrected chi connectivity index (χ3v) is 3.17. The molecule has 0 atom stereocenters. The highest BCUT2D eigenvalue weighted by Gasteiger charge is 2.13. The van der Waals surface area contributed by atoms with Crippen molar-refractivity contribution in [2.75, 3.05) is 6.54 Å². The Labute approximate surface area is 131 Å². The van der Waals surface area contributed by atoms with E-state index in [2.05, 4.69) is 20.8 Å². The van der Waals surface area contributed by atoms with Gasteiger partial charge >= 0.3 is 0 Å². The van der Waals surface area contributed by atoms with Crippen LogP contribution in [0.15, 0.2) is 47.2 Å². The van der Waals surface area contributed by atoms with Crippen molar-refractivity contribution < 1.29 is 13.7 Å². The first-order valence-electron chi connectivity index (χ1n) is 7.07. The Kier molecular flexibility index (Phi) is 4.41. The van der Waals surface area contributed by atoms with Gasteiger partial charge in [-0.3, -0.25) is 9.48 Å². The summed E-state index contributed by atoms with van der Waals surface area (Å²) in [5.41, 5.74) is 0.688. The summed E-state index contributed by atoms with van der Waals surface area (Å²) >= 11 is 0. The summed E-state index contributed by atoms with van der Waals surface area (Å²) in [6.07, 6.45) is 4.07. The highest BCUT2D eigenvalue weighted by atomic mass is 19.1. The Hall–Kier alpha value is -3.03. The summed E-state index contributed by atoms with van der Waals surface area (Å²) in [6.45, 7) is 1.13. The summed E-state index contributed by atoms with van der Waals surface area (Å²) in [6, 6.07) is 7.39. The highest BCUT2D eigenvalue weighted by molar-refractivity contribution is 5.93. The molecule has 0 aliphatic heterocycles. The van der Waals surface area contributed by atoms with Crippen LogP contribution in [0.25, 0.3) is 11.3 Å². The smallest absolute Gasteiger partial charge is 0.273 e. The minimum absolute atomic E-state index is 0.157. The molecule has 2 heterocycles. The number of hydrogen-bond donors (Lipinski definition) is 1. The van der Waals surface area contributed by atoms with Gasteiger partial charge in [0, 0.05) is 30.9 Å². The Bertz CT molecular complexity index is 785. The van der Waals surface area contributed by atoms with Crippen LogP contribution < -0.4 is 5.32 Å². The molecule has 0 saturated heterocycles. The van der Waals surface area contributed by atoms with E-state index >= 15 is 0 Å². The lowest BCUT2D eigenvalue weighted by molar-refractivity contribution is 0.0943. The van der Waals surface area contributed by atoms with Crippen LogP contribution in [0.4, 0.5) is 4.39 Å². The Morgan fingerprint density at radius 3 is 3.04 bits per heavy atom. The van der Waals surface area contributed by atoms with Crippen molar-refractivity contribution in [1.82, 2.24) is 25.5 Å². The maximum absolute atomic E-state index is 13.2. The normalized spacial score (nSPS) is 10.7. The lowest BCUT2D eigenvalue weighted by Gasteiger charge is -2.02. The van der Waals surface area contributed by atoms with Crippen molar-refractivity contribution in [2.45, 2.75) is 13.0 Å². The van der Waals surface area contributed by atoms with Gasteiger partial charge in [-0.2, -0.15) is 0 Å². The Balaban J connectivity index is 1.54. The van der Waals surface area contributed by atoms with Crippen LogP contribution in [0.5, 0.6) is 0 Å². The maximum Gasteiger partial charge on any atom is 0.273 e. The maximum atomic E-state index is 13.2. The predicted octanol–water partition coefficient (Wildman–Crippen LogP) is 1.89. The number of carbonyl (C=O) groups is 1. The number of nitrogens with zero attached hydrogens (tertiary/aromatic N) is 4. The van der Waals surface area contributed by atoms with E-state index in [4.69, 9.17) is 4.52 Å². The predicted molar refractivity (Wildman–Crippen MR) is 78.9 cm³/mol. The van der Waals surface area contributed by atoms with Gasteiger partial charge in [0.15, 0.2) is 11.5 Å². The van der Waals surface area contributed by atoms with Gasteiger partial charge in [-0.05, 0) is 18.6 Å². The van der Waals surface area contributed by atoms with Crippen LogP contribution in [0.1, 0.15) is 16.9 Å². The average Bonchev–Trinajstić information content (AvgIpc) is 3.23. The van der Waals surface area contributed by atoms with E-state index in [1.807, 2.05) is 0 Å². The number of amides is 1. The summed E-state index contributed by atoms with van der Waals surface area (Å²) in [4.78, 5) is 12.0. The van der Waals surface area contributed by atoms with Crippen LogP contribution in [-0.4, -0.2) is 32.6 Å². The summed E-state index contributed by atoms with van der Waals surface area (Å²) in [5.74, 6) is -0.370. The van der Waals surface area contributed by atoms with Gasteiger partial charge in [0.1, 0.15) is 5.82 Å². The van der Waals surface area contributed by atoms with Gasteiger partial charge in [-0.25, -0.2) is 4.39 Å². The van der Waals surface area contributed by atoms with Gasteiger partial charge in [-0.15, -0.1) is 5.10 Å². The lowest BCUT2D eigenvalue weighted by Crippen LogP contribution is -2.25. The molecule has 3 rings (SSSR count). The number of rotatable bonds is 6. The molecule has 0 aliphatic carbocycles. The fourth-order valence-corrected chi connectivity index (χ4v) is 2.05. The summed E-state index contributed by atoms with van der Waals surface area (Å²) < 4.78 is 20.0. The van der Waals surface area contributed by atoms with Crippen LogP contribution >= 0.6 is 0 Å². The largest absolute Gasteiger partial charge is 0.355 e. The van der Waals surface area contributed by atoms with E-state index < -0.39 is 0 Å². The van der Waals surface area contributed by atoms with Gasteiger partial charge < -0.3 is 9.84 Å². The van der Waals surface area contributed by atoms with Gasteiger partial charge in [0.25, 0.3) is 5.91 Å². The van der Waals surface area contributed by atoms with E-state index in [0.29, 0.717) is 30.8 Å². The molecule has 0 fully saturated rings. The SMILES string of the molecule is O=C(NCCCn1ccnn1)c1cc(-c2cccc(F)c2)on1. The molecule has 1 aromatic carbocycles. The van der Waals surface area contributed by atoms with Crippen molar-refractivity contribution in [2.24, 2.45) is 0 Å². The molecule has 3 aromatic rings. The number of aryl methyl sites for hydroxylation is 1. The quantitative estimate of drug-likeness (QED) is 0.702. The zero-order chi connectivity index (χ0) is 16.1. The molecule has 1 amide bonds. The lowest BCUT2D eigenvalue weighted by atomic mass is 10.1. The second-order valence-electron chi connectivity index (χ2n) is 4.86. The Morgan fingerprint density at radius 2 is 2.26 bits per heavy atom. The molecule has 2 aromatic heterocycles. The van der Waals surface area contributed by atoms with Crippen molar-refractivity contribution >= 4 is 5.91 Å². The first-order valence-corrected chi connectivity index (χ1v) is 7.07. The van der Waals surface area contributed by atoms with Crippen molar-refractivity contribution in [3.8, 4) is 11.3 Å². The highest BCUT2D eigenvalue weighted by Crippen LogP contribution is 2.20. The second-order valence-corrected chi connectivity index (χ2v) is 4.86. The molecule has 118 valence electrons. The average molecular weight is 315 g/mol. The molecule has 0 unspecified atom stereocenters. The van der Waals surface area contributed by atoms with Gasteiger partial charge in [0.05, 0.1) is 6.20 Å². The second kappa shape index (κ2) is 6.82. The van der Waals surface area contributed by atoms with E-state index in [1.54, 1.807) is 29.2 Å². The first-order chi connectivity index (χ1) is 11.2. The number of carbonyl (C=O) groups excluding carboxylic acids is 1. The molecule has 1 N–H and O–H groups in total. The molecular weight excluding hydrogens is 301 g/mol. The number of hydrogen-bond acceptors (Lipinski definition) is 5. The molecule has 0 aliphatic rings. The number of nitrogens with one attached hydrogen (secondary N) is 1. The monoisotopic (exact) mass is 315 g/mol. The fraction of sp³-hybridized carbons (Fsp3) is 0.200. The summed E-state index contributed by atoms with van der Waals surface area (Å²) in [7, 11) is 0. The minimum Gasteiger partial charge on any atom is -0.355 e. The molecular formula is C15H14FN5O2. The Morgan fingerprint density at radius 1 is 1.35 bits per heavy atom. The minimum atomic E-state index is -0.377. The summed E-state index contributed by atoms with van der Waals surface area (Å²) in [5, 5.41) is 14.0. The van der Waals surface area contributed by atoms with Crippen LogP contribution in [-0.2, 0) is 6.54 Å². The van der Waals surface area contributed by atoms with Crippen molar-refractivity contribution in [3.05, 3.63) is 54.2 Å². The van der Waals surface area contributed by atoms with Crippen LogP contribution in [0.2, 0.25) is 0 Å². The van der Waals surface area contributed by atoms with Crippen molar-refractivity contribution in [3.63, 3.8) is 0 Å². The molecule has 23 heavy (non-hydrogen) atoms. The van der Waals surface area contributed by atoms with E-state index in [1.165, 1.54) is 18.2 Å². The fourth-order valence-electron chi connectivity index (χ4n) is 2.05. The van der Waals surface area contributed by atoms with E-state index in [0.717, 1.165) is 0 Å².